The Kier molecular flexibility index (Phi) is 4.17. The molecule has 1 heterocycles. The van der Waals surface area contributed by atoms with Gasteiger partial charge in [-0.1, -0.05) is 0 Å². The van der Waals surface area contributed by atoms with Crippen LogP contribution in [0.2, 0.25) is 0 Å². The van der Waals surface area contributed by atoms with Crippen LogP contribution < -0.4 is 10.1 Å². The molecule has 7 heteroatoms. The van der Waals surface area contributed by atoms with E-state index in [-0.39, 0.29) is 23.2 Å². The largest absolute Gasteiger partial charge is 0.504 e. The number of nitro groups is 1. The van der Waals surface area contributed by atoms with E-state index in [1.165, 1.54) is 19.2 Å². The predicted molar refractivity (Wildman–Crippen MR) is 81.2 cm³/mol. The van der Waals surface area contributed by atoms with Crippen LogP contribution in [0.5, 0.6) is 11.5 Å². The van der Waals surface area contributed by atoms with Crippen molar-refractivity contribution in [2.75, 3.05) is 33.3 Å². The van der Waals surface area contributed by atoms with Gasteiger partial charge in [0.1, 0.15) is 0 Å². The molecule has 0 radical (unpaired) electrons. The molecule has 1 aliphatic heterocycles. The van der Waals surface area contributed by atoms with Crippen LogP contribution in [0, 0.1) is 16.0 Å². The summed E-state index contributed by atoms with van der Waals surface area (Å²) < 4.78 is 5.13. The van der Waals surface area contributed by atoms with Gasteiger partial charge in [-0.05, 0) is 18.8 Å². The zero-order valence-corrected chi connectivity index (χ0v) is 12.6. The third-order valence-corrected chi connectivity index (χ3v) is 4.45. The van der Waals surface area contributed by atoms with Gasteiger partial charge in [-0.3, -0.25) is 15.0 Å². The van der Waals surface area contributed by atoms with Crippen molar-refractivity contribution < 1.29 is 14.8 Å². The van der Waals surface area contributed by atoms with E-state index < -0.39 is 4.92 Å². The van der Waals surface area contributed by atoms with Crippen molar-refractivity contribution in [3.63, 3.8) is 0 Å². The second-order valence-electron chi connectivity index (χ2n) is 5.91. The number of benzene rings is 1. The molecule has 1 saturated heterocycles. The zero-order valence-electron chi connectivity index (χ0n) is 12.6. The minimum atomic E-state index is -0.437. The van der Waals surface area contributed by atoms with Crippen molar-refractivity contribution >= 4 is 5.69 Å². The average Bonchev–Trinajstić information content (AvgIpc) is 3.35. The Morgan fingerprint density at radius 3 is 2.64 bits per heavy atom. The van der Waals surface area contributed by atoms with Gasteiger partial charge >= 0.3 is 0 Å². The summed E-state index contributed by atoms with van der Waals surface area (Å²) in [5.41, 5.74) is 0.584. The Balaban J connectivity index is 2.02. The summed E-state index contributed by atoms with van der Waals surface area (Å²) in [4.78, 5) is 13.0. The van der Waals surface area contributed by atoms with Crippen molar-refractivity contribution in [3.05, 3.63) is 27.8 Å². The molecule has 7 nitrogen and oxygen atoms in total. The van der Waals surface area contributed by atoms with Gasteiger partial charge in [-0.2, -0.15) is 0 Å². The number of rotatable bonds is 5. The maximum Gasteiger partial charge on any atom is 0.273 e. The summed E-state index contributed by atoms with van der Waals surface area (Å²) in [5.74, 6) is 0.657. The molecule has 0 bridgehead atoms. The Morgan fingerprint density at radius 2 is 2.09 bits per heavy atom. The Bertz CT molecular complexity index is 568. The molecule has 22 heavy (non-hydrogen) atoms. The highest BCUT2D eigenvalue weighted by atomic mass is 16.6. The molecule has 1 aromatic rings. The first kappa shape index (κ1) is 15.1. The number of phenolic OH excluding ortho intramolecular Hbond substituents is 1. The first-order valence-corrected chi connectivity index (χ1v) is 7.62. The number of hydrogen-bond donors (Lipinski definition) is 2. The van der Waals surface area contributed by atoms with E-state index in [1.807, 2.05) is 0 Å². The van der Waals surface area contributed by atoms with Gasteiger partial charge < -0.3 is 15.2 Å². The van der Waals surface area contributed by atoms with E-state index in [9.17, 15) is 15.2 Å². The van der Waals surface area contributed by atoms with Crippen LogP contribution in [0.4, 0.5) is 5.69 Å². The minimum absolute atomic E-state index is 0.0240. The second-order valence-corrected chi connectivity index (χ2v) is 5.91. The lowest BCUT2D eigenvalue weighted by molar-refractivity contribution is -0.385. The fourth-order valence-corrected chi connectivity index (χ4v) is 3.22. The minimum Gasteiger partial charge on any atom is -0.504 e. The molecule has 2 fully saturated rings. The summed E-state index contributed by atoms with van der Waals surface area (Å²) in [7, 11) is 1.42. The number of non-ortho nitro benzene ring substituents is 1. The topological polar surface area (TPSA) is 87.9 Å². The van der Waals surface area contributed by atoms with Gasteiger partial charge in [-0.15, -0.1) is 0 Å². The highest BCUT2D eigenvalue weighted by Gasteiger charge is 2.39. The van der Waals surface area contributed by atoms with Crippen LogP contribution in [0.1, 0.15) is 24.4 Å². The lowest BCUT2D eigenvalue weighted by atomic mass is 9.97. The molecule has 2 N–H and O–H groups in total. The summed E-state index contributed by atoms with van der Waals surface area (Å²) >= 11 is 0. The molecular weight excluding hydrogens is 286 g/mol. The van der Waals surface area contributed by atoms with Crippen LogP contribution in [-0.2, 0) is 0 Å². The zero-order chi connectivity index (χ0) is 15.7. The summed E-state index contributed by atoms with van der Waals surface area (Å²) in [6, 6.07) is 2.81. The molecule has 120 valence electrons. The second kappa shape index (κ2) is 6.10. The number of aromatic hydroxyl groups is 1. The number of nitrogens with zero attached hydrogens (tertiary/aromatic N) is 2. The van der Waals surface area contributed by atoms with E-state index in [4.69, 9.17) is 4.74 Å². The van der Waals surface area contributed by atoms with Crippen molar-refractivity contribution in [2.45, 2.75) is 18.9 Å². The monoisotopic (exact) mass is 307 g/mol. The number of nitrogens with one attached hydrogen (secondary N) is 1. The normalized spacial score (nSPS) is 20.6. The Morgan fingerprint density at radius 1 is 1.41 bits per heavy atom. The molecule has 1 aliphatic carbocycles. The van der Waals surface area contributed by atoms with Crippen molar-refractivity contribution in [1.82, 2.24) is 10.2 Å². The van der Waals surface area contributed by atoms with E-state index in [2.05, 4.69) is 10.2 Å². The molecule has 1 saturated carbocycles. The molecule has 3 rings (SSSR count). The highest BCUT2D eigenvalue weighted by molar-refractivity contribution is 5.55. The van der Waals surface area contributed by atoms with Crippen LogP contribution in [0.25, 0.3) is 0 Å². The highest BCUT2D eigenvalue weighted by Crippen LogP contribution is 2.49. The van der Waals surface area contributed by atoms with Crippen LogP contribution in [-0.4, -0.2) is 48.2 Å². The standard InChI is InChI=1S/C15H21N3O4/c1-22-13-9-11(18(20)21)8-12(15(13)19)14(10-2-3-10)17-6-4-16-5-7-17/h8-10,14,16,19H,2-7H2,1H3/t14-/m1/s1. The van der Waals surface area contributed by atoms with Gasteiger partial charge in [0.05, 0.1) is 18.1 Å². The summed E-state index contributed by atoms with van der Waals surface area (Å²) in [6.45, 7) is 3.56. The van der Waals surface area contributed by atoms with E-state index in [1.54, 1.807) is 0 Å². The van der Waals surface area contributed by atoms with E-state index >= 15 is 0 Å². The molecule has 0 spiro atoms. The predicted octanol–water partition coefficient (Wildman–Crippen LogP) is 1.67. The fraction of sp³-hybridized carbons (Fsp3) is 0.600. The number of ether oxygens (including phenoxy) is 1. The van der Waals surface area contributed by atoms with Gasteiger partial charge in [0.2, 0.25) is 0 Å². The van der Waals surface area contributed by atoms with E-state index in [0.717, 1.165) is 39.0 Å². The van der Waals surface area contributed by atoms with Gasteiger partial charge in [0.25, 0.3) is 5.69 Å². The number of nitro benzene ring substituents is 1. The fourth-order valence-electron chi connectivity index (χ4n) is 3.22. The van der Waals surface area contributed by atoms with Gasteiger partial charge in [-0.25, -0.2) is 0 Å². The lowest BCUT2D eigenvalue weighted by Gasteiger charge is -2.35. The van der Waals surface area contributed by atoms with Gasteiger partial charge in [0, 0.05) is 43.9 Å². The smallest absolute Gasteiger partial charge is 0.273 e. The van der Waals surface area contributed by atoms with Crippen LogP contribution in [0.3, 0.4) is 0 Å². The number of piperazine rings is 1. The lowest BCUT2D eigenvalue weighted by Crippen LogP contribution is -2.45. The van der Waals surface area contributed by atoms with Crippen LogP contribution in [0.15, 0.2) is 12.1 Å². The quantitative estimate of drug-likeness (QED) is 0.635. The summed E-state index contributed by atoms with van der Waals surface area (Å²) in [6.07, 6.45) is 2.19. The first-order valence-electron chi connectivity index (χ1n) is 7.62. The third kappa shape index (κ3) is 2.86. The molecular formula is C15H21N3O4. The number of methoxy groups -OCH3 is 1. The van der Waals surface area contributed by atoms with Gasteiger partial charge in [0.15, 0.2) is 11.5 Å². The molecule has 2 aliphatic rings. The molecule has 0 amide bonds. The Hall–Kier alpha value is -1.86. The number of phenols is 1. The maximum atomic E-state index is 11.2. The van der Waals surface area contributed by atoms with E-state index in [0.29, 0.717) is 11.5 Å². The first-order chi connectivity index (χ1) is 10.6. The molecule has 1 atom stereocenters. The maximum absolute atomic E-state index is 11.2. The van der Waals surface area contributed by atoms with Crippen molar-refractivity contribution in [1.29, 1.82) is 0 Å². The number of hydrogen-bond acceptors (Lipinski definition) is 6. The molecule has 0 aromatic heterocycles. The van der Waals surface area contributed by atoms with Crippen molar-refractivity contribution in [2.24, 2.45) is 5.92 Å². The third-order valence-electron chi connectivity index (χ3n) is 4.45. The van der Waals surface area contributed by atoms with Crippen LogP contribution >= 0.6 is 0 Å². The SMILES string of the molecule is COc1cc([N+](=O)[O-])cc([C@@H](C2CC2)N2CCNCC2)c1O. The summed E-state index contributed by atoms with van der Waals surface area (Å²) in [5, 5.41) is 25.0. The Labute approximate surface area is 129 Å². The molecule has 0 unspecified atom stereocenters. The average molecular weight is 307 g/mol. The molecule has 1 aromatic carbocycles. The van der Waals surface area contributed by atoms with Crippen molar-refractivity contribution in [3.8, 4) is 11.5 Å².